The fraction of sp³-hybridized carbons (Fsp3) is 0.600. The van der Waals surface area contributed by atoms with E-state index in [1.54, 1.807) is 0 Å². The minimum Gasteiger partial charge on any atom is -0.437 e. The zero-order chi connectivity index (χ0) is 29.2. The molecule has 0 aliphatic heterocycles. The van der Waals surface area contributed by atoms with Crippen molar-refractivity contribution < 1.29 is 17.1 Å². The number of hydrogen-bond acceptors (Lipinski definition) is 4. The predicted molar refractivity (Wildman–Crippen MR) is 181 cm³/mol. The summed E-state index contributed by atoms with van der Waals surface area (Å²) in [5.74, 6) is 0. The van der Waals surface area contributed by atoms with Crippen molar-refractivity contribution in [3.63, 3.8) is 0 Å². The van der Waals surface area contributed by atoms with Crippen molar-refractivity contribution in [1.29, 1.82) is 0 Å². The molecule has 2 rings (SSSR count). The van der Waals surface area contributed by atoms with E-state index in [2.05, 4.69) is 126 Å². The Morgan fingerprint density at radius 3 is 1.08 bits per heavy atom. The van der Waals surface area contributed by atoms with Crippen molar-refractivity contribution in [3.05, 3.63) is 71.8 Å². The van der Waals surface area contributed by atoms with Crippen LogP contribution in [0.4, 0.5) is 0 Å². The second kappa shape index (κ2) is 15.0. The van der Waals surface area contributed by atoms with Gasteiger partial charge in [0.1, 0.15) is 0 Å². The molecule has 0 saturated heterocycles. The Hall–Kier alpha value is -0.636. The van der Waals surface area contributed by atoms with Gasteiger partial charge in [-0.3, -0.25) is 0 Å². The highest BCUT2D eigenvalue weighted by Crippen LogP contribution is 2.30. The zero-order valence-electron chi connectivity index (χ0n) is 26.6. The molecule has 0 spiro atoms. The van der Waals surface area contributed by atoms with Gasteiger partial charge in [-0.2, -0.15) is 0 Å². The lowest BCUT2D eigenvalue weighted by Crippen LogP contribution is -2.53. The summed E-state index contributed by atoms with van der Waals surface area (Å²) in [5, 5.41) is 0. The van der Waals surface area contributed by atoms with E-state index in [1.165, 1.54) is 11.1 Å². The van der Waals surface area contributed by atoms with Gasteiger partial charge >= 0.3 is 8.56 Å². The van der Waals surface area contributed by atoms with E-state index in [-0.39, 0.29) is 0 Å². The van der Waals surface area contributed by atoms with Crippen LogP contribution in [0.2, 0.25) is 89.6 Å². The third-order valence-corrected chi connectivity index (χ3v) is 24.3. The summed E-state index contributed by atoms with van der Waals surface area (Å²) in [6.07, 6.45) is 1.97. The summed E-state index contributed by atoms with van der Waals surface area (Å²) in [6, 6.07) is 25.8. The van der Waals surface area contributed by atoms with Crippen LogP contribution in [0, 0.1) is 0 Å². The summed E-state index contributed by atoms with van der Waals surface area (Å²) >= 11 is 0. The summed E-state index contributed by atoms with van der Waals surface area (Å²) in [5.41, 5.74) is 2.70. The highest BCUT2D eigenvalue weighted by Gasteiger charge is 2.41. The van der Waals surface area contributed by atoms with E-state index in [4.69, 9.17) is 17.1 Å². The number of benzene rings is 2. The van der Waals surface area contributed by atoms with Gasteiger partial charge in [0.15, 0.2) is 33.3 Å². The van der Waals surface area contributed by atoms with Crippen LogP contribution in [0.1, 0.15) is 11.1 Å². The molecule has 0 atom stereocenters. The van der Waals surface area contributed by atoms with Crippen LogP contribution in [0.3, 0.4) is 0 Å². The first-order valence-electron chi connectivity index (χ1n) is 14.7. The number of rotatable bonds is 18. The largest absolute Gasteiger partial charge is 0.437 e. The molecule has 0 radical (unpaired) electrons. The van der Waals surface area contributed by atoms with Crippen molar-refractivity contribution in [2.45, 2.75) is 102 Å². The van der Waals surface area contributed by atoms with Gasteiger partial charge in [0.05, 0.1) is 0 Å². The molecule has 0 bridgehead atoms. The van der Waals surface area contributed by atoms with Gasteiger partial charge in [0, 0.05) is 13.2 Å². The van der Waals surface area contributed by atoms with Crippen LogP contribution in [0.25, 0.3) is 0 Å². The molecule has 2 aromatic rings. The molecule has 9 heteroatoms. The van der Waals surface area contributed by atoms with Crippen molar-refractivity contribution in [3.8, 4) is 0 Å². The third-order valence-electron chi connectivity index (χ3n) is 7.16. The van der Waals surface area contributed by atoms with Gasteiger partial charge in [0.2, 0.25) is 0 Å². The molecule has 0 unspecified atom stereocenters. The van der Waals surface area contributed by atoms with Crippen LogP contribution in [-0.4, -0.2) is 55.0 Å². The van der Waals surface area contributed by atoms with Gasteiger partial charge in [-0.1, -0.05) is 60.7 Å². The van der Waals surface area contributed by atoms with Crippen molar-refractivity contribution >= 4 is 41.8 Å². The van der Waals surface area contributed by atoms with Gasteiger partial charge in [-0.05, 0) is 114 Å². The van der Waals surface area contributed by atoms with E-state index in [0.717, 1.165) is 50.2 Å². The van der Waals surface area contributed by atoms with E-state index < -0.39 is 41.8 Å². The molecule has 0 saturated carbocycles. The Bertz CT molecular complexity index is 888. The topological polar surface area (TPSA) is 36.9 Å². The molecule has 39 heavy (non-hydrogen) atoms. The minimum atomic E-state index is -2.23. The Labute approximate surface area is 245 Å². The maximum atomic E-state index is 6.91. The lowest BCUT2D eigenvalue weighted by molar-refractivity contribution is 0.311. The van der Waals surface area contributed by atoms with Gasteiger partial charge in [0.25, 0.3) is 0 Å². The quantitative estimate of drug-likeness (QED) is 0.156. The van der Waals surface area contributed by atoms with Crippen LogP contribution in [-0.2, 0) is 29.9 Å². The minimum absolute atomic E-state index is 0.810. The van der Waals surface area contributed by atoms with E-state index >= 15 is 0 Å². The van der Waals surface area contributed by atoms with E-state index in [1.807, 2.05) is 0 Å². The second-order valence-corrected chi connectivity index (χ2v) is 34.9. The molecule has 0 aromatic heterocycles. The molecule has 0 amide bonds. The van der Waals surface area contributed by atoms with E-state index in [9.17, 15) is 0 Å². The molecule has 0 aliphatic carbocycles. The Morgan fingerprint density at radius 2 is 0.744 bits per heavy atom. The molecule has 0 heterocycles. The van der Waals surface area contributed by atoms with Gasteiger partial charge in [-0.25, -0.2) is 0 Å². The summed E-state index contributed by atoms with van der Waals surface area (Å²) in [6.45, 7) is 25.0. The Morgan fingerprint density at radius 1 is 0.436 bits per heavy atom. The molecule has 2 aromatic carbocycles. The zero-order valence-corrected chi connectivity index (χ0v) is 31.6. The molecule has 0 aliphatic rings. The van der Waals surface area contributed by atoms with Crippen molar-refractivity contribution in [2.75, 3.05) is 13.2 Å². The van der Waals surface area contributed by atoms with Crippen LogP contribution < -0.4 is 0 Å². The molecule has 4 nitrogen and oxygen atoms in total. The molecule has 0 fully saturated rings. The average molecular weight is 621 g/mol. The normalized spacial score (nSPS) is 13.6. The van der Waals surface area contributed by atoms with E-state index in [0.29, 0.717) is 0 Å². The lowest BCUT2D eigenvalue weighted by Gasteiger charge is -2.40. The monoisotopic (exact) mass is 620 g/mol. The fourth-order valence-electron chi connectivity index (χ4n) is 4.98. The van der Waals surface area contributed by atoms with Crippen LogP contribution >= 0.6 is 0 Å². The molecular weight excluding hydrogens is 565 g/mol. The predicted octanol–water partition coefficient (Wildman–Crippen LogP) is 9.06. The Kier molecular flexibility index (Phi) is 13.3. The highest BCUT2D eigenvalue weighted by atomic mass is 28.5. The van der Waals surface area contributed by atoms with Gasteiger partial charge in [-0.15, -0.1) is 0 Å². The summed E-state index contributed by atoms with van der Waals surface area (Å²) in [4.78, 5) is 0. The molecular formula is C30H56O4Si5. The maximum Gasteiger partial charge on any atom is 0.311 e. The molecule has 220 valence electrons. The lowest BCUT2D eigenvalue weighted by atomic mass is 10.2. The number of hydrogen-bond donors (Lipinski definition) is 0. The Balaban J connectivity index is 1.77. The van der Waals surface area contributed by atoms with Gasteiger partial charge < -0.3 is 17.1 Å². The first kappa shape index (κ1) is 34.6. The van der Waals surface area contributed by atoms with Crippen LogP contribution in [0.5, 0.6) is 0 Å². The van der Waals surface area contributed by atoms with Crippen molar-refractivity contribution in [2.24, 2.45) is 0 Å². The third kappa shape index (κ3) is 15.2. The SMILES string of the molecule is C[Si](C)(CC[Si](C)(C)O[Si](C)(C)O[Si](C)(C)CC[Si](C)(C)OCCc1ccccc1)OCCc1ccccc1. The first-order chi connectivity index (χ1) is 18.0. The fourth-order valence-corrected chi connectivity index (χ4v) is 28.2. The highest BCUT2D eigenvalue weighted by molar-refractivity contribution is 6.89. The smallest absolute Gasteiger partial charge is 0.311 e. The van der Waals surface area contributed by atoms with Crippen molar-refractivity contribution in [1.82, 2.24) is 0 Å². The standard InChI is InChI=1S/C30H56O4Si5/c1-35(2,31-23-21-29-17-13-11-14-18-29)25-27-37(5,6)33-39(9,10)34-38(7,8)28-26-36(3,4)32-24-22-30-19-15-12-16-20-30/h11-20H,21-28H2,1-10H3. The summed E-state index contributed by atoms with van der Waals surface area (Å²) in [7, 11) is -9.41. The summed E-state index contributed by atoms with van der Waals surface area (Å²) < 4.78 is 26.7. The van der Waals surface area contributed by atoms with Crippen LogP contribution in [0.15, 0.2) is 60.7 Å². The molecule has 0 N–H and O–H groups in total. The maximum absolute atomic E-state index is 6.91. The average Bonchev–Trinajstić information content (AvgIpc) is 2.82. The first-order valence-corrected chi connectivity index (χ1v) is 30.0. The second-order valence-electron chi connectivity index (χ2n) is 13.8.